The largest absolute Gasteiger partial charge is 0.351 e. The molecule has 0 spiro atoms. The van der Waals surface area contributed by atoms with Gasteiger partial charge in [-0.3, -0.25) is 4.79 Å². The maximum Gasteiger partial charge on any atom is 0.270 e. The third-order valence-corrected chi connectivity index (χ3v) is 3.40. The molecule has 0 bridgehead atoms. The van der Waals surface area contributed by atoms with Gasteiger partial charge in [0.05, 0.1) is 13.2 Å². The van der Waals surface area contributed by atoms with Gasteiger partial charge in [-0.1, -0.05) is 18.5 Å². The molecular weight excluding hydrogens is 268 g/mol. The predicted molar refractivity (Wildman–Crippen MR) is 71.1 cm³/mol. The van der Waals surface area contributed by atoms with Crippen molar-refractivity contribution >= 4 is 17.5 Å². The Morgan fingerprint density at radius 3 is 2.74 bits per heavy atom. The number of carbonyl (C=O) groups is 1. The van der Waals surface area contributed by atoms with Crippen molar-refractivity contribution < 1.29 is 14.3 Å². The number of pyridine rings is 1. The number of hydrogen-bond acceptors (Lipinski definition) is 4. The highest BCUT2D eigenvalue weighted by molar-refractivity contribution is 6.30. The van der Waals surface area contributed by atoms with Crippen LogP contribution in [0, 0.1) is 6.92 Å². The summed E-state index contributed by atoms with van der Waals surface area (Å²) in [6, 6.07) is 0. The van der Waals surface area contributed by atoms with Crippen molar-refractivity contribution in [2.75, 3.05) is 13.3 Å². The van der Waals surface area contributed by atoms with Crippen LogP contribution >= 0.6 is 11.6 Å². The van der Waals surface area contributed by atoms with E-state index in [4.69, 9.17) is 21.1 Å². The molecule has 19 heavy (non-hydrogen) atoms. The zero-order valence-electron chi connectivity index (χ0n) is 11.1. The molecule has 1 N–H and O–H groups in total. The molecule has 0 atom stereocenters. The Kier molecular flexibility index (Phi) is 4.74. The van der Waals surface area contributed by atoms with Gasteiger partial charge in [0.25, 0.3) is 5.91 Å². The van der Waals surface area contributed by atoms with Crippen molar-refractivity contribution in [2.45, 2.75) is 33.5 Å². The number of nitrogens with zero attached hydrogens (tertiary/aromatic N) is 1. The quantitative estimate of drug-likeness (QED) is 0.865. The second kappa shape index (κ2) is 6.32. The molecule has 0 radical (unpaired) electrons. The highest BCUT2D eigenvalue weighted by Crippen LogP contribution is 2.26. The Hall–Kier alpha value is -1.17. The van der Waals surface area contributed by atoms with Crippen LogP contribution in [0.4, 0.5) is 0 Å². The van der Waals surface area contributed by atoms with Crippen LogP contribution in [0.25, 0.3) is 0 Å². The molecule has 1 aliphatic rings. The van der Waals surface area contributed by atoms with Gasteiger partial charge in [-0.05, 0) is 24.5 Å². The molecular formula is C13H17ClN2O3. The van der Waals surface area contributed by atoms with Crippen LogP contribution in [-0.2, 0) is 22.7 Å². The van der Waals surface area contributed by atoms with Crippen molar-refractivity contribution in [1.29, 1.82) is 0 Å². The summed E-state index contributed by atoms with van der Waals surface area (Å²) in [7, 11) is 0. The minimum atomic E-state index is -0.217. The molecule has 2 rings (SSSR count). The van der Waals surface area contributed by atoms with E-state index in [1.165, 1.54) is 0 Å². The minimum absolute atomic E-state index is 0.210. The van der Waals surface area contributed by atoms with E-state index in [-0.39, 0.29) is 12.7 Å². The van der Waals surface area contributed by atoms with Crippen LogP contribution in [0.15, 0.2) is 0 Å². The van der Waals surface area contributed by atoms with Gasteiger partial charge in [0.2, 0.25) is 0 Å². The second-order valence-corrected chi connectivity index (χ2v) is 4.76. The molecule has 1 amide bonds. The molecule has 0 fully saturated rings. The fraction of sp³-hybridized carbons (Fsp3) is 0.538. The van der Waals surface area contributed by atoms with Gasteiger partial charge >= 0.3 is 0 Å². The van der Waals surface area contributed by atoms with Gasteiger partial charge in [-0.15, -0.1) is 0 Å². The van der Waals surface area contributed by atoms with E-state index >= 15 is 0 Å². The van der Waals surface area contributed by atoms with Crippen molar-refractivity contribution in [1.82, 2.24) is 10.3 Å². The van der Waals surface area contributed by atoms with E-state index < -0.39 is 0 Å². The Morgan fingerprint density at radius 1 is 1.37 bits per heavy atom. The molecule has 0 aromatic carbocycles. The first-order valence-electron chi connectivity index (χ1n) is 6.26. The van der Waals surface area contributed by atoms with Gasteiger partial charge in [0, 0.05) is 12.1 Å². The number of amides is 1. The highest BCUT2D eigenvalue weighted by atomic mass is 35.5. The van der Waals surface area contributed by atoms with E-state index in [0.29, 0.717) is 30.6 Å². The molecule has 0 saturated heterocycles. The lowest BCUT2D eigenvalue weighted by Crippen LogP contribution is -2.27. The Morgan fingerprint density at radius 2 is 2.05 bits per heavy atom. The summed E-state index contributed by atoms with van der Waals surface area (Å²) in [6.45, 7) is 5.39. The summed E-state index contributed by atoms with van der Waals surface area (Å²) in [5.74, 6) is -0.217. The molecule has 5 nitrogen and oxygen atoms in total. The number of nitrogens with one attached hydrogen (secondary N) is 1. The Balaban J connectivity index is 2.43. The van der Waals surface area contributed by atoms with Gasteiger partial charge in [0.1, 0.15) is 17.6 Å². The summed E-state index contributed by atoms with van der Waals surface area (Å²) in [6.07, 6.45) is 0.868. The molecule has 0 aliphatic carbocycles. The van der Waals surface area contributed by atoms with Crippen molar-refractivity contribution in [3.8, 4) is 0 Å². The average Bonchev–Trinajstić information content (AvgIpc) is 2.66. The first-order valence-corrected chi connectivity index (χ1v) is 6.64. The molecule has 0 unspecified atom stereocenters. The number of aromatic nitrogens is 1. The van der Waals surface area contributed by atoms with Crippen molar-refractivity contribution in [3.05, 3.63) is 27.5 Å². The molecule has 1 aliphatic heterocycles. The minimum Gasteiger partial charge on any atom is -0.351 e. The number of halogens is 1. The predicted octanol–water partition coefficient (Wildman–Crippen LogP) is 2.19. The second-order valence-electron chi connectivity index (χ2n) is 4.40. The molecule has 104 valence electrons. The van der Waals surface area contributed by atoms with Crippen LogP contribution in [0.3, 0.4) is 0 Å². The average molecular weight is 285 g/mol. The van der Waals surface area contributed by atoms with Gasteiger partial charge in [-0.2, -0.15) is 0 Å². The summed E-state index contributed by atoms with van der Waals surface area (Å²) < 4.78 is 10.7. The zero-order valence-corrected chi connectivity index (χ0v) is 11.8. The van der Waals surface area contributed by atoms with E-state index in [9.17, 15) is 4.79 Å². The zero-order chi connectivity index (χ0) is 13.8. The van der Waals surface area contributed by atoms with Crippen LogP contribution in [0.1, 0.15) is 40.5 Å². The maximum absolute atomic E-state index is 12.1. The normalized spacial score (nSPS) is 14.7. The van der Waals surface area contributed by atoms with Crippen molar-refractivity contribution in [3.63, 3.8) is 0 Å². The first-order chi connectivity index (χ1) is 9.15. The van der Waals surface area contributed by atoms with Gasteiger partial charge < -0.3 is 14.8 Å². The van der Waals surface area contributed by atoms with E-state index in [1.807, 2.05) is 13.8 Å². The lowest BCUT2D eigenvalue weighted by molar-refractivity contribution is -0.0588. The number of carbonyl (C=O) groups excluding carboxylic acids is 1. The molecule has 2 heterocycles. The molecule has 1 aromatic heterocycles. The molecule has 6 heteroatoms. The summed E-state index contributed by atoms with van der Waals surface area (Å²) in [5, 5.41) is 3.15. The summed E-state index contributed by atoms with van der Waals surface area (Å²) in [4.78, 5) is 16.3. The monoisotopic (exact) mass is 284 g/mol. The van der Waals surface area contributed by atoms with E-state index in [2.05, 4.69) is 10.3 Å². The lowest BCUT2D eigenvalue weighted by Gasteiger charge is -2.14. The topological polar surface area (TPSA) is 60.5 Å². The fourth-order valence-corrected chi connectivity index (χ4v) is 2.15. The third-order valence-electron chi connectivity index (χ3n) is 3.03. The van der Waals surface area contributed by atoms with Crippen LogP contribution in [0.5, 0.6) is 0 Å². The number of rotatable bonds is 3. The SMILES string of the molecule is CCCNC(=O)c1nc(Cl)c(C)c2c1COCOC2. The number of fused-ring (bicyclic) bond motifs is 1. The third kappa shape index (κ3) is 3.05. The summed E-state index contributed by atoms with van der Waals surface area (Å²) in [5.41, 5.74) is 2.85. The van der Waals surface area contributed by atoms with Crippen LogP contribution < -0.4 is 5.32 Å². The van der Waals surface area contributed by atoms with Crippen molar-refractivity contribution in [2.24, 2.45) is 0 Å². The summed E-state index contributed by atoms with van der Waals surface area (Å²) >= 11 is 6.09. The van der Waals surface area contributed by atoms with Crippen LogP contribution in [0.2, 0.25) is 5.15 Å². The lowest BCUT2D eigenvalue weighted by atomic mass is 10.0. The highest BCUT2D eigenvalue weighted by Gasteiger charge is 2.22. The van der Waals surface area contributed by atoms with Gasteiger partial charge in [0.15, 0.2) is 0 Å². The molecule has 0 saturated carbocycles. The Labute approximate surface area is 117 Å². The number of hydrogen-bond donors (Lipinski definition) is 1. The van der Waals surface area contributed by atoms with E-state index in [1.54, 1.807) is 0 Å². The van der Waals surface area contributed by atoms with E-state index in [0.717, 1.165) is 23.1 Å². The standard InChI is InChI=1S/C13H17ClN2O3/c1-3-4-15-13(17)11-10-6-19-7-18-5-9(10)8(2)12(14)16-11/h3-7H2,1-2H3,(H,15,17). The first kappa shape index (κ1) is 14.2. The fourth-order valence-electron chi connectivity index (χ4n) is 1.95. The smallest absolute Gasteiger partial charge is 0.270 e. The number of ether oxygens (including phenoxy) is 2. The van der Waals surface area contributed by atoms with Crippen LogP contribution in [-0.4, -0.2) is 24.2 Å². The van der Waals surface area contributed by atoms with Gasteiger partial charge in [-0.25, -0.2) is 4.98 Å². The Bertz CT molecular complexity index is 491. The molecule has 1 aromatic rings. The maximum atomic E-state index is 12.1.